The molecular formula is C13H22O3S. The molecule has 0 fully saturated rings. The van der Waals surface area contributed by atoms with E-state index in [9.17, 15) is 0 Å². The predicted octanol–water partition coefficient (Wildman–Crippen LogP) is 3.35. The molecule has 0 saturated carbocycles. The molecule has 0 aliphatic rings. The van der Waals surface area contributed by atoms with Crippen LogP contribution in [0.15, 0.2) is 16.8 Å². The Hall–Kier alpha value is -0.580. The molecule has 0 aliphatic heterocycles. The lowest BCUT2D eigenvalue weighted by Crippen LogP contribution is -2.08. The summed E-state index contributed by atoms with van der Waals surface area (Å²) in [6.07, 6.45) is 3.24. The zero-order valence-corrected chi connectivity index (χ0v) is 11.3. The zero-order valence-electron chi connectivity index (χ0n) is 10.5. The molecule has 0 spiro atoms. The van der Waals surface area contributed by atoms with Crippen LogP contribution in [-0.4, -0.2) is 33.0 Å². The van der Waals surface area contributed by atoms with E-state index in [1.807, 2.05) is 16.8 Å². The first-order valence-electron chi connectivity index (χ1n) is 6.24. The first-order chi connectivity index (χ1) is 8.43. The van der Waals surface area contributed by atoms with Gasteiger partial charge in [-0.15, -0.1) is 11.3 Å². The molecule has 0 aliphatic carbocycles. The Kier molecular flexibility index (Phi) is 9.00. The molecule has 3 nitrogen and oxygen atoms in total. The van der Waals surface area contributed by atoms with E-state index in [1.165, 1.54) is 6.42 Å². The average molecular weight is 258 g/mol. The van der Waals surface area contributed by atoms with Gasteiger partial charge in [0.25, 0.3) is 0 Å². The van der Waals surface area contributed by atoms with Crippen molar-refractivity contribution in [3.63, 3.8) is 0 Å². The number of thiophene rings is 1. The largest absolute Gasteiger partial charge is 0.493 e. The summed E-state index contributed by atoms with van der Waals surface area (Å²) in [5.41, 5.74) is 0. The van der Waals surface area contributed by atoms with E-state index in [0.29, 0.717) is 19.8 Å². The molecule has 1 aromatic heterocycles. The van der Waals surface area contributed by atoms with Gasteiger partial charge in [0, 0.05) is 25.0 Å². The lowest BCUT2D eigenvalue weighted by Gasteiger charge is -2.06. The van der Waals surface area contributed by atoms with Crippen molar-refractivity contribution < 1.29 is 14.2 Å². The summed E-state index contributed by atoms with van der Waals surface area (Å²) in [6, 6.07) is 1.98. The number of unbranched alkanes of at least 4 members (excludes halogenated alkanes) is 1. The van der Waals surface area contributed by atoms with Crippen molar-refractivity contribution in [1.29, 1.82) is 0 Å². The van der Waals surface area contributed by atoms with Crippen molar-refractivity contribution in [3.8, 4) is 5.75 Å². The molecule has 17 heavy (non-hydrogen) atoms. The molecule has 0 bridgehead atoms. The summed E-state index contributed by atoms with van der Waals surface area (Å²) in [6.45, 7) is 5.84. The maximum atomic E-state index is 5.50. The standard InChI is InChI=1S/C13H22O3S/c1-2-3-6-14-9-10-15-7-4-8-16-13-5-11-17-12-13/h5,11-12H,2-4,6-10H2,1H3. The minimum absolute atomic E-state index is 0.683. The molecule has 0 N–H and O–H groups in total. The fraction of sp³-hybridized carbons (Fsp3) is 0.692. The van der Waals surface area contributed by atoms with Crippen LogP contribution in [0.1, 0.15) is 26.2 Å². The summed E-state index contributed by atoms with van der Waals surface area (Å²) in [7, 11) is 0. The van der Waals surface area contributed by atoms with Gasteiger partial charge in [0.2, 0.25) is 0 Å². The van der Waals surface area contributed by atoms with Gasteiger partial charge < -0.3 is 14.2 Å². The Morgan fingerprint density at radius 3 is 2.41 bits per heavy atom. The van der Waals surface area contributed by atoms with E-state index in [0.717, 1.165) is 31.8 Å². The second kappa shape index (κ2) is 10.6. The topological polar surface area (TPSA) is 27.7 Å². The van der Waals surface area contributed by atoms with Gasteiger partial charge in [-0.05, 0) is 17.9 Å². The van der Waals surface area contributed by atoms with Gasteiger partial charge in [-0.3, -0.25) is 0 Å². The average Bonchev–Trinajstić information content (AvgIpc) is 2.85. The van der Waals surface area contributed by atoms with Gasteiger partial charge in [-0.2, -0.15) is 0 Å². The third-order valence-corrected chi connectivity index (χ3v) is 2.87. The van der Waals surface area contributed by atoms with Gasteiger partial charge in [0.1, 0.15) is 5.75 Å². The third-order valence-electron chi connectivity index (χ3n) is 2.21. The third kappa shape index (κ3) is 8.18. The van der Waals surface area contributed by atoms with Crippen LogP contribution in [0.4, 0.5) is 0 Å². The van der Waals surface area contributed by atoms with Crippen LogP contribution in [0.5, 0.6) is 5.75 Å². The summed E-state index contributed by atoms with van der Waals surface area (Å²) in [5.74, 6) is 0.956. The van der Waals surface area contributed by atoms with Gasteiger partial charge in [0.05, 0.1) is 19.8 Å². The highest BCUT2D eigenvalue weighted by Crippen LogP contribution is 2.14. The summed E-state index contributed by atoms with van der Waals surface area (Å²) in [4.78, 5) is 0. The van der Waals surface area contributed by atoms with E-state index in [1.54, 1.807) is 11.3 Å². The Morgan fingerprint density at radius 2 is 1.76 bits per heavy atom. The Labute approximate surface area is 108 Å². The van der Waals surface area contributed by atoms with E-state index in [2.05, 4.69) is 6.92 Å². The van der Waals surface area contributed by atoms with Crippen LogP contribution >= 0.6 is 11.3 Å². The van der Waals surface area contributed by atoms with Crippen molar-refractivity contribution >= 4 is 11.3 Å². The SMILES string of the molecule is CCCCOCCOCCCOc1ccsc1. The number of rotatable bonds is 11. The molecule has 0 unspecified atom stereocenters. The summed E-state index contributed by atoms with van der Waals surface area (Å²) in [5, 5.41) is 4.02. The van der Waals surface area contributed by atoms with E-state index in [-0.39, 0.29) is 0 Å². The van der Waals surface area contributed by atoms with Crippen LogP contribution in [0.25, 0.3) is 0 Å². The highest BCUT2D eigenvalue weighted by molar-refractivity contribution is 7.08. The molecule has 98 valence electrons. The minimum Gasteiger partial charge on any atom is -0.493 e. The second-order valence-electron chi connectivity index (χ2n) is 3.74. The smallest absolute Gasteiger partial charge is 0.129 e. The van der Waals surface area contributed by atoms with Crippen LogP contribution < -0.4 is 4.74 Å². The fourth-order valence-electron chi connectivity index (χ4n) is 1.25. The van der Waals surface area contributed by atoms with Crippen LogP contribution in [-0.2, 0) is 9.47 Å². The first-order valence-corrected chi connectivity index (χ1v) is 7.18. The lowest BCUT2D eigenvalue weighted by molar-refractivity contribution is 0.0426. The van der Waals surface area contributed by atoms with Crippen molar-refractivity contribution in [2.24, 2.45) is 0 Å². The van der Waals surface area contributed by atoms with Gasteiger partial charge in [-0.1, -0.05) is 13.3 Å². The van der Waals surface area contributed by atoms with E-state index in [4.69, 9.17) is 14.2 Å². The molecule has 1 aromatic rings. The summed E-state index contributed by atoms with van der Waals surface area (Å²) < 4.78 is 16.3. The van der Waals surface area contributed by atoms with Crippen LogP contribution in [0.2, 0.25) is 0 Å². The van der Waals surface area contributed by atoms with E-state index < -0.39 is 0 Å². The summed E-state index contributed by atoms with van der Waals surface area (Å²) >= 11 is 1.65. The highest BCUT2D eigenvalue weighted by Gasteiger charge is 1.94. The van der Waals surface area contributed by atoms with Crippen molar-refractivity contribution in [1.82, 2.24) is 0 Å². The Balaban J connectivity index is 1.76. The predicted molar refractivity (Wildman–Crippen MR) is 71.0 cm³/mol. The second-order valence-corrected chi connectivity index (χ2v) is 4.52. The number of ether oxygens (including phenoxy) is 3. The quantitative estimate of drug-likeness (QED) is 0.570. The molecule has 1 rings (SSSR count). The molecule has 0 radical (unpaired) electrons. The maximum Gasteiger partial charge on any atom is 0.129 e. The Morgan fingerprint density at radius 1 is 1.00 bits per heavy atom. The number of hydrogen-bond acceptors (Lipinski definition) is 4. The highest BCUT2D eigenvalue weighted by atomic mass is 32.1. The lowest BCUT2D eigenvalue weighted by atomic mass is 10.4. The molecular weight excluding hydrogens is 236 g/mol. The van der Waals surface area contributed by atoms with Gasteiger partial charge >= 0.3 is 0 Å². The zero-order chi connectivity index (χ0) is 12.2. The molecule has 0 aromatic carbocycles. The monoisotopic (exact) mass is 258 g/mol. The molecule has 0 saturated heterocycles. The minimum atomic E-state index is 0.683. The molecule has 0 atom stereocenters. The van der Waals surface area contributed by atoms with E-state index >= 15 is 0 Å². The molecule has 1 heterocycles. The number of hydrogen-bond donors (Lipinski definition) is 0. The van der Waals surface area contributed by atoms with Crippen molar-refractivity contribution in [3.05, 3.63) is 16.8 Å². The normalized spacial score (nSPS) is 10.6. The molecule has 4 heteroatoms. The van der Waals surface area contributed by atoms with Gasteiger partial charge in [0.15, 0.2) is 0 Å². The molecule has 0 amide bonds. The maximum absolute atomic E-state index is 5.50. The fourth-order valence-corrected chi connectivity index (χ4v) is 1.83. The van der Waals surface area contributed by atoms with Crippen molar-refractivity contribution in [2.45, 2.75) is 26.2 Å². The Bertz CT molecular complexity index is 249. The van der Waals surface area contributed by atoms with Crippen LogP contribution in [0, 0.1) is 0 Å². The van der Waals surface area contributed by atoms with Crippen molar-refractivity contribution in [2.75, 3.05) is 33.0 Å². The first kappa shape index (κ1) is 14.5. The van der Waals surface area contributed by atoms with Crippen LogP contribution in [0.3, 0.4) is 0 Å². The van der Waals surface area contributed by atoms with Gasteiger partial charge in [-0.25, -0.2) is 0 Å².